The number of anilines is 1. The molecule has 0 radical (unpaired) electrons. The molecule has 1 heterocycles. The Morgan fingerprint density at radius 2 is 1.50 bits per heavy atom. The number of hydrogen-bond acceptors (Lipinski definition) is 5. The van der Waals surface area contributed by atoms with Gasteiger partial charge in [0.25, 0.3) is 0 Å². The summed E-state index contributed by atoms with van der Waals surface area (Å²) < 4.78 is 10.8. The zero-order valence-electron chi connectivity index (χ0n) is 18.7. The molecule has 1 atom stereocenters. The number of benzene rings is 1. The molecule has 1 saturated heterocycles. The van der Waals surface area contributed by atoms with Crippen molar-refractivity contribution in [1.29, 1.82) is 0 Å². The molecule has 1 aromatic carbocycles. The minimum absolute atomic E-state index is 0.125. The molecule has 8 nitrogen and oxygen atoms in total. The number of ether oxygens (including phenoxy) is 2. The fourth-order valence-corrected chi connectivity index (χ4v) is 3.75. The van der Waals surface area contributed by atoms with Gasteiger partial charge in [0, 0.05) is 51.4 Å². The predicted molar refractivity (Wildman–Crippen MR) is 117 cm³/mol. The monoisotopic (exact) mass is 421 g/mol. The molecule has 1 aliphatic heterocycles. The summed E-state index contributed by atoms with van der Waals surface area (Å²) in [6.45, 7) is 7.36. The molecule has 168 valence electrons. The first-order chi connectivity index (χ1) is 14.5. The van der Waals surface area contributed by atoms with E-state index in [1.807, 2.05) is 27.9 Å². The van der Waals surface area contributed by atoms with Gasteiger partial charge in [-0.3, -0.25) is 9.59 Å². The van der Waals surface area contributed by atoms with Crippen molar-refractivity contribution in [3.05, 3.63) is 29.8 Å². The fourth-order valence-electron chi connectivity index (χ4n) is 3.75. The van der Waals surface area contributed by atoms with E-state index in [1.165, 1.54) is 23.3 Å². The van der Waals surface area contributed by atoms with Crippen LogP contribution in [0.4, 0.5) is 5.69 Å². The normalized spacial score (nSPS) is 15.2. The average Bonchev–Trinajstić information content (AvgIpc) is 3.27. The van der Waals surface area contributed by atoms with Crippen molar-refractivity contribution in [3.63, 3.8) is 0 Å². The molecule has 0 aromatic heterocycles. The summed E-state index contributed by atoms with van der Waals surface area (Å²) >= 11 is 0. The van der Waals surface area contributed by atoms with Crippen molar-refractivity contribution >= 4 is 17.5 Å². The summed E-state index contributed by atoms with van der Waals surface area (Å²) in [6.07, 6.45) is 1.83. The van der Waals surface area contributed by atoms with Crippen LogP contribution < -0.4 is 20.4 Å². The summed E-state index contributed by atoms with van der Waals surface area (Å²) in [7, 11) is 4.03. The Morgan fingerprint density at radius 1 is 0.967 bits per heavy atom. The number of nitrogens with one attached hydrogen (secondary N) is 3. The van der Waals surface area contributed by atoms with Gasteiger partial charge < -0.3 is 29.9 Å². The number of carbonyl (C=O) groups excluding carboxylic acids is 2. The standard InChI is InChI=1S/C22H36N4O4/c1-5-29-20(30-6-2)16-24-22(28)21(27)23-15-19(26-13-7-8-14-26)17-9-11-18(12-10-17)25(3)4/h9-12,19-20H,5-8,13-16H2,1-4H3,(H,23,27)(H,24,28)/p+1/t19-/m1/s1. The minimum Gasteiger partial charge on any atom is -0.378 e. The van der Waals surface area contributed by atoms with Gasteiger partial charge in [0.1, 0.15) is 6.04 Å². The maximum Gasteiger partial charge on any atom is 0.309 e. The van der Waals surface area contributed by atoms with E-state index in [4.69, 9.17) is 9.47 Å². The van der Waals surface area contributed by atoms with Gasteiger partial charge in [-0.05, 0) is 26.0 Å². The molecule has 2 rings (SSSR count). The molecule has 8 heteroatoms. The Bertz CT molecular complexity index is 654. The molecule has 0 unspecified atom stereocenters. The first-order valence-electron chi connectivity index (χ1n) is 10.9. The number of rotatable bonds is 11. The summed E-state index contributed by atoms with van der Waals surface area (Å²) in [4.78, 5) is 28.1. The zero-order chi connectivity index (χ0) is 21.9. The number of quaternary nitrogens is 1. The maximum atomic E-state index is 12.3. The largest absolute Gasteiger partial charge is 0.378 e. The Kier molecular flexibility index (Phi) is 10.1. The molecule has 1 aromatic rings. The summed E-state index contributed by atoms with van der Waals surface area (Å²) in [5.41, 5.74) is 2.31. The van der Waals surface area contributed by atoms with E-state index >= 15 is 0 Å². The highest BCUT2D eigenvalue weighted by atomic mass is 16.7. The predicted octanol–water partition coefficient (Wildman–Crippen LogP) is 0.104. The average molecular weight is 422 g/mol. The molecular formula is C22H37N4O4+. The zero-order valence-corrected chi connectivity index (χ0v) is 18.7. The van der Waals surface area contributed by atoms with Gasteiger partial charge in [-0.2, -0.15) is 0 Å². The molecule has 0 bridgehead atoms. The lowest BCUT2D eigenvalue weighted by atomic mass is 10.0. The molecular weight excluding hydrogens is 384 g/mol. The van der Waals surface area contributed by atoms with Crippen LogP contribution in [0.5, 0.6) is 0 Å². The number of nitrogens with zero attached hydrogens (tertiary/aromatic N) is 1. The fraction of sp³-hybridized carbons (Fsp3) is 0.636. The lowest BCUT2D eigenvalue weighted by Crippen LogP contribution is -3.11. The summed E-state index contributed by atoms with van der Waals surface area (Å²) in [5.74, 6) is -1.30. The van der Waals surface area contributed by atoms with Crippen LogP contribution in [-0.4, -0.2) is 71.6 Å². The van der Waals surface area contributed by atoms with E-state index < -0.39 is 18.1 Å². The van der Waals surface area contributed by atoms with Crippen molar-refractivity contribution < 1.29 is 24.0 Å². The van der Waals surface area contributed by atoms with Crippen LogP contribution in [0.3, 0.4) is 0 Å². The molecule has 30 heavy (non-hydrogen) atoms. The first kappa shape index (κ1) is 24.1. The highest BCUT2D eigenvalue weighted by Gasteiger charge is 2.28. The molecule has 0 aliphatic carbocycles. The van der Waals surface area contributed by atoms with Crippen molar-refractivity contribution in [3.8, 4) is 0 Å². The number of amides is 2. The summed E-state index contributed by atoms with van der Waals surface area (Å²) in [5, 5.41) is 5.41. The highest BCUT2D eigenvalue weighted by molar-refractivity contribution is 6.35. The van der Waals surface area contributed by atoms with Gasteiger partial charge in [-0.15, -0.1) is 0 Å². The van der Waals surface area contributed by atoms with E-state index in [9.17, 15) is 9.59 Å². The van der Waals surface area contributed by atoms with Crippen molar-refractivity contribution in [1.82, 2.24) is 10.6 Å². The van der Waals surface area contributed by atoms with Crippen LogP contribution in [0.1, 0.15) is 38.3 Å². The van der Waals surface area contributed by atoms with Crippen LogP contribution in [-0.2, 0) is 19.1 Å². The van der Waals surface area contributed by atoms with Gasteiger partial charge >= 0.3 is 11.8 Å². The third-order valence-corrected chi connectivity index (χ3v) is 5.36. The first-order valence-corrected chi connectivity index (χ1v) is 10.9. The molecule has 2 amide bonds. The summed E-state index contributed by atoms with van der Waals surface area (Å²) in [6, 6.07) is 8.54. The van der Waals surface area contributed by atoms with Gasteiger partial charge in [0.15, 0.2) is 6.29 Å². The lowest BCUT2D eigenvalue weighted by molar-refractivity contribution is -0.918. The quantitative estimate of drug-likeness (QED) is 0.349. The second-order valence-corrected chi connectivity index (χ2v) is 7.66. The smallest absolute Gasteiger partial charge is 0.309 e. The molecule has 3 N–H and O–H groups in total. The second-order valence-electron chi connectivity index (χ2n) is 7.66. The number of likely N-dealkylation sites (tertiary alicyclic amines) is 1. The van der Waals surface area contributed by atoms with E-state index in [1.54, 1.807) is 0 Å². The molecule has 1 aliphatic rings. The molecule has 0 saturated carbocycles. The van der Waals surface area contributed by atoms with Crippen molar-refractivity contribution in [2.75, 3.05) is 58.4 Å². The Labute approximate surface area is 179 Å². The van der Waals surface area contributed by atoms with Crippen molar-refractivity contribution in [2.24, 2.45) is 0 Å². The minimum atomic E-state index is -0.669. The van der Waals surface area contributed by atoms with Crippen LogP contribution in [0, 0.1) is 0 Å². The third kappa shape index (κ3) is 7.27. The highest BCUT2D eigenvalue weighted by Crippen LogP contribution is 2.17. The van der Waals surface area contributed by atoms with E-state index in [0.29, 0.717) is 19.8 Å². The van der Waals surface area contributed by atoms with Crippen molar-refractivity contribution in [2.45, 2.75) is 39.0 Å². The maximum absolute atomic E-state index is 12.3. The molecule has 1 fully saturated rings. The van der Waals surface area contributed by atoms with Crippen LogP contribution in [0.25, 0.3) is 0 Å². The van der Waals surface area contributed by atoms with E-state index in [2.05, 4.69) is 39.8 Å². The Hall–Kier alpha value is -2.16. The van der Waals surface area contributed by atoms with Gasteiger partial charge in [-0.1, -0.05) is 12.1 Å². The van der Waals surface area contributed by atoms with Gasteiger partial charge in [-0.25, -0.2) is 0 Å². The van der Waals surface area contributed by atoms with E-state index in [0.717, 1.165) is 18.8 Å². The van der Waals surface area contributed by atoms with E-state index in [-0.39, 0.29) is 12.6 Å². The molecule has 0 spiro atoms. The number of hydrogen-bond donors (Lipinski definition) is 3. The Balaban J connectivity index is 1.94. The van der Waals surface area contributed by atoms with Gasteiger partial charge in [0.05, 0.1) is 26.2 Å². The Morgan fingerprint density at radius 3 is 2.00 bits per heavy atom. The second kappa shape index (κ2) is 12.5. The van der Waals surface area contributed by atoms with Crippen LogP contribution >= 0.6 is 0 Å². The van der Waals surface area contributed by atoms with Gasteiger partial charge in [0.2, 0.25) is 0 Å². The number of carbonyl (C=O) groups is 2. The lowest BCUT2D eigenvalue weighted by Gasteiger charge is -2.26. The SMILES string of the molecule is CCOC(CNC(=O)C(=O)NC[C@H](c1ccc(N(C)C)cc1)[NH+]1CCCC1)OCC. The van der Waals surface area contributed by atoms with Crippen LogP contribution in [0.15, 0.2) is 24.3 Å². The third-order valence-electron chi connectivity index (χ3n) is 5.36. The topological polar surface area (TPSA) is 84.3 Å². The van der Waals surface area contributed by atoms with Crippen LogP contribution in [0.2, 0.25) is 0 Å².